The average Bonchev–Trinajstić information content (AvgIpc) is 3.05. The number of hydrogen-bond acceptors (Lipinski definition) is 5. The molecule has 25 heavy (non-hydrogen) atoms. The van der Waals surface area contributed by atoms with Crippen molar-refractivity contribution in [2.24, 2.45) is 11.8 Å². The molecule has 1 aliphatic heterocycles. The summed E-state index contributed by atoms with van der Waals surface area (Å²) in [6.45, 7) is 4.60. The summed E-state index contributed by atoms with van der Waals surface area (Å²) in [5.41, 5.74) is 0. The molecule has 2 fully saturated rings. The molecule has 1 N–H and O–H groups in total. The Labute approximate surface area is 146 Å². The molecule has 1 saturated carbocycles. The molecule has 8 nitrogen and oxygen atoms in total. The van der Waals surface area contributed by atoms with Crippen molar-refractivity contribution >= 4 is 5.91 Å². The second-order valence-electron chi connectivity index (χ2n) is 6.93. The zero-order valence-corrected chi connectivity index (χ0v) is 14.7. The number of hydrogen-bond donors (Lipinski definition) is 1. The molecule has 0 bridgehead atoms. The molecule has 2 atom stereocenters. The van der Waals surface area contributed by atoms with Crippen molar-refractivity contribution < 1.29 is 9.53 Å². The highest BCUT2D eigenvalue weighted by atomic mass is 16.5. The van der Waals surface area contributed by atoms with E-state index in [2.05, 4.69) is 20.2 Å². The van der Waals surface area contributed by atoms with Crippen LogP contribution in [0.1, 0.15) is 48.0 Å². The molecule has 1 saturated heterocycles. The van der Waals surface area contributed by atoms with Gasteiger partial charge in [-0.25, -0.2) is 9.97 Å². The van der Waals surface area contributed by atoms with Crippen molar-refractivity contribution in [1.29, 1.82) is 0 Å². The standard InChI is InChI=1S/C17H24N6O2/c1-3-22-7-6-18-16(22)17(24)23-8-12(11-4-5-11)13(9-23)15-19-14(10-25-2)20-21-15/h6-7,11-13H,3-5,8-10H2,1-2H3,(H,19,20,21)/t12-,13+/m1/s1. The van der Waals surface area contributed by atoms with Crippen LogP contribution in [0.3, 0.4) is 0 Å². The summed E-state index contributed by atoms with van der Waals surface area (Å²) < 4.78 is 7.01. The highest BCUT2D eigenvalue weighted by Crippen LogP contribution is 2.47. The number of aromatic amines is 1. The predicted molar refractivity (Wildman–Crippen MR) is 89.9 cm³/mol. The molecule has 1 aliphatic carbocycles. The van der Waals surface area contributed by atoms with Crippen LogP contribution in [-0.4, -0.2) is 55.7 Å². The van der Waals surface area contributed by atoms with E-state index in [1.165, 1.54) is 12.8 Å². The van der Waals surface area contributed by atoms with Crippen LogP contribution in [0, 0.1) is 11.8 Å². The summed E-state index contributed by atoms with van der Waals surface area (Å²) in [6, 6.07) is 0. The minimum atomic E-state index is 0.00708. The first-order valence-corrected chi connectivity index (χ1v) is 8.91. The van der Waals surface area contributed by atoms with Gasteiger partial charge in [-0.15, -0.1) is 0 Å². The fourth-order valence-electron chi connectivity index (χ4n) is 3.85. The van der Waals surface area contributed by atoms with E-state index in [1.54, 1.807) is 13.3 Å². The second kappa shape index (κ2) is 6.59. The van der Waals surface area contributed by atoms with E-state index < -0.39 is 0 Å². The zero-order chi connectivity index (χ0) is 17.4. The number of rotatable bonds is 6. The Bertz CT molecular complexity index is 750. The number of ether oxygens (including phenoxy) is 1. The van der Waals surface area contributed by atoms with Gasteiger partial charge in [-0.1, -0.05) is 0 Å². The molecule has 2 aromatic rings. The van der Waals surface area contributed by atoms with Crippen LogP contribution in [0.4, 0.5) is 0 Å². The lowest BCUT2D eigenvalue weighted by Crippen LogP contribution is -2.31. The first-order chi connectivity index (χ1) is 12.2. The van der Waals surface area contributed by atoms with Crippen molar-refractivity contribution in [1.82, 2.24) is 29.6 Å². The molecule has 0 unspecified atom stereocenters. The normalized spacial score (nSPS) is 23.4. The first-order valence-electron chi connectivity index (χ1n) is 8.91. The van der Waals surface area contributed by atoms with E-state index in [1.807, 2.05) is 22.6 Å². The Morgan fingerprint density at radius 1 is 1.40 bits per heavy atom. The summed E-state index contributed by atoms with van der Waals surface area (Å²) in [5, 5.41) is 7.34. The van der Waals surface area contributed by atoms with Crippen LogP contribution in [0.5, 0.6) is 0 Å². The van der Waals surface area contributed by atoms with Gasteiger partial charge in [-0.2, -0.15) is 5.10 Å². The molecule has 1 amide bonds. The van der Waals surface area contributed by atoms with Gasteiger partial charge in [-0.05, 0) is 31.6 Å². The maximum absolute atomic E-state index is 12.9. The van der Waals surface area contributed by atoms with Crippen LogP contribution in [0.25, 0.3) is 0 Å². The zero-order valence-electron chi connectivity index (χ0n) is 14.7. The molecular formula is C17H24N6O2. The number of nitrogens with zero attached hydrogens (tertiary/aromatic N) is 5. The fraction of sp³-hybridized carbons (Fsp3) is 0.647. The third-order valence-corrected chi connectivity index (χ3v) is 5.29. The Hall–Kier alpha value is -2.22. The monoisotopic (exact) mass is 344 g/mol. The minimum absolute atomic E-state index is 0.00708. The van der Waals surface area contributed by atoms with Crippen LogP contribution < -0.4 is 0 Å². The highest BCUT2D eigenvalue weighted by molar-refractivity contribution is 5.91. The third-order valence-electron chi connectivity index (χ3n) is 5.29. The Morgan fingerprint density at radius 3 is 2.96 bits per heavy atom. The minimum Gasteiger partial charge on any atom is -0.377 e. The largest absolute Gasteiger partial charge is 0.377 e. The second-order valence-corrected chi connectivity index (χ2v) is 6.93. The van der Waals surface area contributed by atoms with Gasteiger partial charge in [0.25, 0.3) is 5.91 Å². The number of imidazole rings is 1. The maximum Gasteiger partial charge on any atom is 0.289 e. The SMILES string of the molecule is CCn1ccnc1C(=O)N1C[C@H](c2n[nH]c(COC)n2)[C@@H](C2CC2)C1. The highest BCUT2D eigenvalue weighted by Gasteiger charge is 2.46. The number of carbonyl (C=O) groups is 1. The van der Waals surface area contributed by atoms with Gasteiger partial charge in [0.1, 0.15) is 6.61 Å². The number of nitrogens with one attached hydrogen (secondary N) is 1. The maximum atomic E-state index is 12.9. The average molecular weight is 344 g/mol. The van der Waals surface area contributed by atoms with Crippen LogP contribution in [0.15, 0.2) is 12.4 Å². The lowest BCUT2D eigenvalue weighted by Gasteiger charge is -2.16. The smallest absolute Gasteiger partial charge is 0.289 e. The number of amides is 1. The van der Waals surface area contributed by atoms with Gasteiger partial charge in [-0.3, -0.25) is 9.89 Å². The lowest BCUT2D eigenvalue weighted by molar-refractivity contribution is 0.0768. The Morgan fingerprint density at radius 2 is 2.24 bits per heavy atom. The molecule has 134 valence electrons. The van der Waals surface area contributed by atoms with Crippen molar-refractivity contribution in [2.75, 3.05) is 20.2 Å². The van der Waals surface area contributed by atoms with E-state index in [-0.39, 0.29) is 11.8 Å². The molecule has 0 radical (unpaired) electrons. The summed E-state index contributed by atoms with van der Waals surface area (Å²) >= 11 is 0. The Balaban J connectivity index is 1.55. The first kappa shape index (κ1) is 16.3. The molecule has 3 heterocycles. The topological polar surface area (TPSA) is 88.9 Å². The van der Waals surface area contributed by atoms with Crippen LogP contribution >= 0.6 is 0 Å². The molecular weight excluding hydrogens is 320 g/mol. The number of carbonyl (C=O) groups excluding carboxylic acids is 1. The van der Waals surface area contributed by atoms with E-state index in [9.17, 15) is 4.79 Å². The molecule has 8 heteroatoms. The third kappa shape index (κ3) is 3.06. The number of aryl methyl sites for hydroxylation is 1. The number of likely N-dealkylation sites (tertiary alicyclic amines) is 1. The Kier molecular flexibility index (Phi) is 4.29. The number of methoxy groups -OCH3 is 1. The van der Waals surface area contributed by atoms with Gasteiger partial charge < -0.3 is 14.2 Å². The van der Waals surface area contributed by atoms with Crippen LogP contribution in [-0.2, 0) is 17.9 Å². The van der Waals surface area contributed by atoms with E-state index in [0.717, 1.165) is 24.7 Å². The summed E-state index contributed by atoms with van der Waals surface area (Å²) in [5.74, 6) is 3.36. The number of H-pyrrole nitrogens is 1. The van der Waals surface area contributed by atoms with E-state index in [0.29, 0.717) is 30.8 Å². The van der Waals surface area contributed by atoms with Crippen molar-refractivity contribution in [3.8, 4) is 0 Å². The van der Waals surface area contributed by atoms with Crippen molar-refractivity contribution in [3.63, 3.8) is 0 Å². The van der Waals surface area contributed by atoms with E-state index in [4.69, 9.17) is 4.74 Å². The summed E-state index contributed by atoms with van der Waals surface area (Å²) in [6.07, 6.45) is 6.02. The molecule has 4 rings (SSSR count). The van der Waals surface area contributed by atoms with Crippen molar-refractivity contribution in [2.45, 2.75) is 38.8 Å². The van der Waals surface area contributed by atoms with Gasteiger partial charge in [0, 0.05) is 45.1 Å². The quantitative estimate of drug-likeness (QED) is 0.856. The van der Waals surface area contributed by atoms with Gasteiger partial charge in [0.05, 0.1) is 0 Å². The molecule has 2 aliphatic rings. The fourth-order valence-corrected chi connectivity index (χ4v) is 3.85. The van der Waals surface area contributed by atoms with Gasteiger partial charge >= 0.3 is 0 Å². The van der Waals surface area contributed by atoms with Gasteiger partial charge in [0.2, 0.25) is 0 Å². The summed E-state index contributed by atoms with van der Waals surface area (Å²) in [7, 11) is 1.64. The lowest BCUT2D eigenvalue weighted by atomic mass is 9.91. The summed E-state index contributed by atoms with van der Waals surface area (Å²) in [4.78, 5) is 23.7. The van der Waals surface area contributed by atoms with Crippen molar-refractivity contribution in [3.05, 3.63) is 29.9 Å². The van der Waals surface area contributed by atoms with Gasteiger partial charge in [0.15, 0.2) is 17.5 Å². The predicted octanol–water partition coefficient (Wildman–Crippen LogP) is 1.43. The molecule has 2 aromatic heterocycles. The van der Waals surface area contributed by atoms with Crippen LogP contribution in [0.2, 0.25) is 0 Å². The van der Waals surface area contributed by atoms with E-state index >= 15 is 0 Å². The molecule has 0 spiro atoms. The number of aromatic nitrogens is 5. The molecule has 0 aromatic carbocycles.